The van der Waals surface area contributed by atoms with Crippen LogP contribution in [-0.4, -0.2) is 55.8 Å². The highest BCUT2D eigenvalue weighted by Crippen LogP contribution is 2.57. The van der Waals surface area contributed by atoms with Crippen molar-refractivity contribution in [2.24, 2.45) is 0 Å². The topological polar surface area (TPSA) is 151 Å². The van der Waals surface area contributed by atoms with Crippen molar-refractivity contribution < 1.29 is 33.1 Å². The summed E-state index contributed by atoms with van der Waals surface area (Å²) in [6.07, 6.45) is -0.757. The first-order chi connectivity index (χ1) is 16.6. The van der Waals surface area contributed by atoms with Crippen molar-refractivity contribution in [3.63, 3.8) is 0 Å². The normalized spacial score (nSPS) is 33.4. The van der Waals surface area contributed by atoms with Gasteiger partial charge in [0, 0.05) is 22.7 Å². The highest BCUT2D eigenvalue weighted by molar-refractivity contribution is 7.48. The van der Waals surface area contributed by atoms with E-state index in [0.717, 1.165) is 0 Å². The molecule has 0 bridgehead atoms. The van der Waals surface area contributed by atoms with Crippen molar-refractivity contribution in [1.29, 1.82) is 0 Å². The van der Waals surface area contributed by atoms with Crippen molar-refractivity contribution >= 4 is 47.9 Å². The second-order valence-corrected chi connectivity index (χ2v) is 11.1. The lowest BCUT2D eigenvalue weighted by molar-refractivity contribution is -0.0950. The molecule has 0 spiro atoms. The molecular formula is C21H23Cl2N4O7P. The first-order valence-electron chi connectivity index (χ1n) is 10.7. The van der Waals surface area contributed by atoms with E-state index in [1.54, 1.807) is 35.0 Å². The first kappa shape index (κ1) is 24.9. The second-order valence-electron chi connectivity index (χ2n) is 8.58. The fourth-order valence-corrected chi connectivity index (χ4v) is 6.23. The number of nitrogens with zero attached hydrogens (tertiary/aromatic N) is 3. The van der Waals surface area contributed by atoms with E-state index in [4.69, 9.17) is 47.2 Å². The van der Waals surface area contributed by atoms with Crippen LogP contribution in [0.2, 0.25) is 10.0 Å². The van der Waals surface area contributed by atoms with E-state index in [0.29, 0.717) is 33.1 Å². The minimum absolute atomic E-state index is 0.108. The summed E-state index contributed by atoms with van der Waals surface area (Å²) < 4.78 is 37.1. The van der Waals surface area contributed by atoms with Gasteiger partial charge in [0.2, 0.25) is 0 Å². The van der Waals surface area contributed by atoms with Gasteiger partial charge in [-0.1, -0.05) is 23.2 Å². The van der Waals surface area contributed by atoms with Gasteiger partial charge in [-0.15, -0.1) is 0 Å². The number of hydrogen-bond donors (Lipinski definition) is 3. The molecule has 2 fully saturated rings. The number of anilines is 1. The molecule has 0 radical (unpaired) electrons. The molecule has 0 amide bonds. The lowest BCUT2D eigenvalue weighted by atomic mass is 9.96. The number of aliphatic hydroxyl groups is 2. The smallest absolute Gasteiger partial charge is 0.387 e. The Bertz CT molecular complexity index is 1290. The number of phosphoric acid groups is 1. The van der Waals surface area contributed by atoms with Gasteiger partial charge in [0.1, 0.15) is 35.6 Å². The first-order valence-corrected chi connectivity index (χ1v) is 13.0. The number of benzene rings is 1. The number of aliphatic hydroxyl groups excluding tert-OH is 1. The molecule has 0 aliphatic carbocycles. The van der Waals surface area contributed by atoms with Crippen molar-refractivity contribution in [3.8, 4) is 0 Å². The Morgan fingerprint density at radius 2 is 2.06 bits per heavy atom. The van der Waals surface area contributed by atoms with Crippen LogP contribution in [0, 0.1) is 0 Å². The largest absolute Gasteiger partial charge is 0.475 e. The maximum Gasteiger partial charge on any atom is 0.475 e. The van der Waals surface area contributed by atoms with Gasteiger partial charge in [0.05, 0.1) is 24.7 Å². The molecule has 2 aliphatic heterocycles. The van der Waals surface area contributed by atoms with Crippen LogP contribution >= 0.6 is 31.0 Å². The van der Waals surface area contributed by atoms with E-state index in [-0.39, 0.29) is 19.0 Å². The van der Waals surface area contributed by atoms with Crippen LogP contribution in [0.4, 0.5) is 5.82 Å². The van der Waals surface area contributed by atoms with Crippen LogP contribution in [0.25, 0.3) is 11.0 Å². The number of rotatable bonds is 5. The molecule has 2 saturated heterocycles. The number of aromatic nitrogens is 3. The summed E-state index contributed by atoms with van der Waals surface area (Å²) >= 11 is 12.2. The molecule has 0 saturated carbocycles. The fraction of sp³-hybridized carbons (Fsp3) is 0.429. The molecular weight excluding hydrogens is 522 g/mol. The molecule has 11 nitrogen and oxygen atoms in total. The quantitative estimate of drug-likeness (QED) is 0.406. The van der Waals surface area contributed by atoms with Gasteiger partial charge in [0.25, 0.3) is 0 Å². The number of nitrogens with two attached hydrogens (primary N) is 1. The lowest BCUT2D eigenvalue weighted by Gasteiger charge is -2.30. The molecule has 4 heterocycles. The number of phosphoric ester groups is 1. The van der Waals surface area contributed by atoms with Gasteiger partial charge >= 0.3 is 7.82 Å². The highest BCUT2D eigenvalue weighted by atomic mass is 35.5. The Hall–Kier alpha value is -1.79. The fourth-order valence-electron chi connectivity index (χ4n) is 4.29. The summed E-state index contributed by atoms with van der Waals surface area (Å²) in [5.41, 5.74) is 5.22. The Morgan fingerprint density at radius 3 is 2.80 bits per heavy atom. The molecule has 3 aromatic rings. The van der Waals surface area contributed by atoms with Crippen molar-refractivity contribution in [1.82, 2.24) is 14.5 Å². The number of nitrogen functional groups attached to an aromatic ring is 1. The van der Waals surface area contributed by atoms with Crippen molar-refractivity contribution in [3.05, 3.63) is 52.4 Å². The zero-order valence-corrected chi connectivity index (χ0v) is 20.9. The molecule has 188 valence electrons. The number of halogens is 2. The zero-order chi connectivity index (χ0) is 25.0. The molecule has 2 aliphatic rings. The molecule has 5 rings (SSSR count). The minimum atomic E-state index is -4.01. The van der Waals surface area contributed by atoms with E-state index in [9.17, 15) is 14.8 Å². The highest BCUT2D eigenvalue weighted by Gasteiger charge is 2.54. The molecule has 2 aromatic heterocycles. The van der Waals surface area contributed by atoms with Crippen LogP contribution < -0.4 is 5.73 Å². The predicted octanol–water partition coefficient (Wildman–Crippen LogP) is 3.63. The van der Waals surface area contributed by atoms with E-state index >= 15 is 0 Å². The molecule has 1 unspecified atom stereocenters. The predicted molar refractivity (Wildman–Crippen MR) is 127 cm³/mol. The maximum atomic E-state index is 13.2. The summed E-state index contributed by atoms with van der Waals surface area (Å²) in [6.45, 7) is 1.16. The van der Waals surface area contributed by atoms with E-state index < -0.39 is 38.0 Å². The Balaban J connectivity index is 1.31. The van der Waals surface area contributed by atoms with Gasteiger partial charge in [-0.25, -0.2) is 14.5 Å². The maximum absolute atomic E-state index is 13.2. The Morgan fingerprint density at radius 1 is 1.31 bits per heavy atom. The van der Waals surface area contributed by atoms with Crippen molar-refractivity contribution in [2.45, 2.75) is 43.5 Å². The number of hydrogen-bond acceptors (Lipinski definition) is 10. The minimum Gasteiger partial charge on any atom is -0.387 e. The molecule has 35 heavy (non-hydrogen) atoms. The molecule has 1 aromatic carbocycles. The SMILES string of the molecule is C[C@]1(O)C(n2ccc3c(N)ncnc32)O[C@H](CO[P@]2(=O)OCC[C@H](c3cc(Cl)cc(Cl)c3)O2)[C@H]1O. The van der Waals surface area contributed by atoms with Crippen LogP contribution in [0.15, 0.2) is 36.8 Å². The summed E-state index contributed by atoms with van der Waals surface area (Å²) in [4.78, 5) is 8.15. The third-order valence-corrected chi connectivity index (χ3v) is 8.00. The Kier molecular flexibility index (Phi) is 6.58. The second kappa shape index (κ2) is 9.26. The number of ether oxygens (including phenoxy) is 1. The van der Waals surface area contributed by atoms with Gasteiger partial charge in [-0.05, 0) is 36.8 Å². The van der Waals surface area contributed by atoms with E-state index in [1.807, 2.05) is 0 Å². The average Bonchev–Trinajstić information content (AvgIpc) is 3.31. The van der Waals surface area contributed by atoms with Gasteiger partial charge in [-0.3, -0.25) is 13.6 Å². The Labute approximate surface area is 210 Å². The lowest BCUT2D eigenvalue weighted by Crippen LogP contribution is -2.44. The number of fused-ring (bicyclic) bond motifs is 1. The standard InChI is InChI=1S/C21H23Cl2N4O7P/c1-21(29)17(28)16(33-20(21)27-4-2-14-18(24)25-10-26-19(14)27)9-32-35(30)31-5-3-15(34-35)11-6-12(22)8-13(23)7-11/h2,4,6-8,10,15-17,20,28-29H,3,5,9H2,1H3,(H2,24,25,26)/t15-,16-,17-,20?,21-,35+/m1/s1. The summed E-state index contributed by atoms with van der Waals surface area (Å²) in [6, 6.07) is 6.59. The summed E-state index contributed by atoms with van der Waals surface area (Å²) in [5, 5.41) is 23.2. The van der Waals surface area contributed by atoms with E-state index in [1.165, 1.54) is 13.3 Å². The zero-order valence-electron chi connectivity index (χ0n) is 18.5. The van der Waals surface area contributed by atoms with Crippen molar-refractivity contribution in [2.75, 3.05) is 18.9 Å². The monoisotopic (exact) mass is 544 g/mol. The van der Waals surface area contributed by atoms with Gasteiger partial charge in [-0.2, -0.15) is 0 Å². The third-order valence-electron chi connectivity index (χ3n) is 6.09. The van der Waals surface area contributed by atoms with Gasteiger partial charge < -0.3 is 25.3 Å². The van der Waals surface area contributed by atoms with Crippen LogP contribution in [-0.2, 0) is 22.9 Å². The molecule has 4 N–H and O–H groups in total. The third kappa shape index (κ3) is 4.69. The summed E-state index contributed by atoms with van der Waals surface area (Å²) in [5.74, 6) is 0.270. The van der Waals surface area contributed by atoms with E-state index in [2.05, 4.69) is 9.97 Å². The molecule has 6 atom stereocenters. The van der Waals surface area contributed by atoms with Gasteiger partial charge in [0.15, 0.2) is 6.23 Å². The summed E-state index contributed by atoms with van der Waals surface area (Å²) in [7, 11) is -4.01. The average molecular weight is 545 g/mol. The van der Waals surface area contributed by atoms with Crippen LogP contribution in [0.1, 0.15) is 31.2 Å². The van der Waals surface area contributed by atoms with Crippen LogP contribution in [0.5, 0.6) is 0 Å². The van der Waals surface area contributed by atoms with Crippen LogP contribution in [0.3, 0.4) is 0 Å². The molecule has 14 heteroatoms.